The molecule has 1 aliphatic rings. The van der Waals surface area contributed by atoms with Crippen LogP contribution in [0.4, 0.5) is 0 Å². The van der Waals surface area contributed by atoms with Gasteiger partial charge >= 0.3 is 0 Å². The van der Waals surface area contributed by atoms with Crippen LogP contribution in [0.2, 0.25) is 0 Å². The lowest BCUT2D eigenvalue weighted by Gasteiger charge is -2.32. The van der Waals surface area contributed by atoms with E-state index in [0.717, 1.165) is 31.5 Å². The van der Waals surface area contributed by atoms with Gasteiger partial charge in [-0.25, -0.2) is 0 Å². The first-order valence-electron chi connectivity index (χ1n) is 5.99. The third-order valence-electron chi connectivity index (χ3n) is 3.59. The second-order valence-electron chi connectivity index (χ2n) is 4.90. The van der Waals surface area contributed by atoms with Gasteiger partial charge < -0.3 is 5.32 Å². The largest absolute Gasteiger partial charge is 0.317 e. The number of hydrogen-bond donors (Lipinski definition) is 1. The summed E-state index contributed by atoms with van der Waals surface area (Å²) >= 11 is 0. The predicted octanol–water partition coefficient (Wildman–Crippen LogP) is 2.19. The molecule has 1 fully saturated rings. The summed E-state index contributed by atoms with van der Waals surface area (Å²) in [5, 5.41) is 3.31. The van der Waals surface area contributed by atoms with Crippen molar-refractivity contribution in [2.45, 2.75) is 26.2 Å². The fourth-order valence-electron chi connectivity index (χ4n) is 2.25. The number of ketones is 1. The molecule has 1 heterocycles. The Morgan fingerprint density at radius 3 is 2.50 bits per heavy atom. The zero-order valence-electron chi connectivity index (χ0n) is 9.83. The van der Waals surface area contributed by atoms with Gasteiger partial charge in [0, 0.05) is 11.8 Å². The fourth-order valence-corrected chi connectivity index (χ4v) is 2.25. The highest BCUT2D eigenvalue weighted by Crippen LogP contribution is 2.30. The fraction of sp³-hybridized carbons (Fsp3) is 0.500. The monoisotopic (exact) mass is 217 g/mol. The summed E-state index contributed by atoms with van der Waals surface area (Å²) in [6, 6.07) is 10.0. The second-order valence-corrected chi connectivity index (χ2v) is 4.90. The molecule has 0 aliphatic carbocycles. The number of carbonyl (C=O) groups excluding carboxylic acids is 1. The van der Waals surface area contributed by atoms with Crippen LogP contribution in [0.5, 0.6) is 0 Å². The average molecular weight is 217 g/mol. The summed E-state index contributed by atoms with van der Waals surface area (Å²) in [7, 11) is 0. The van der Waals surface area contributed by atoms with E-state index in [0.29, 0.717) is 12.2 Å². The Labute approximate surface area is 97.1 Å². The maximum Gasteiger partial charge on any atom is 0.143 e. The van der Waals surface area contributed by atoms with Gasteiger partial charge in [0.2, 0.25) is 0 Å². The van der Waals surface area contributed by atoms with E-state index in [1.54, 1.807) is 0 Å². The van der Waals surface area contributed by atoms with Crippen LogP contribution >= 0.6 is 0 Å². The van der Waals surface area contributed by atoms with Crippen LogP contribution in [0.25, 0.3) is 0 Å². The molecule has 2 heteroatoms. The second kappa shape index (κ2) is 4.79. The molecule has 0 spiro atoms. The molecule has 0 bridgehead atoms. The van der Waals surface area contributed by atoms with Crippen LogP contribution < -0.4 is 5.32 Å². The third kappa shape index (κ3) is 2.50. The highest BCUT2D eigenvalue weighted by Gasteiger charge is 2.33. The molecule has 2 rings (SSSR count). The van der Waals surface area contributed by atoms with Crippen LogP contribution in [0, 0.1) is 5.41 Å². The number of benzene rings is 1. The minimum absolute atomic E-state index is 0.110. The Hall–Kier alpha value is -1.15. The van der Waals surface area contributed by atoms with E-state index >= 15 is 0 Å². The number of Topliss-reactive ketones (excluding diaryl/α,β-unsaturated/α-hetero) is 1. The third-order valence-corrected chi connectivity index (χ3v) is 3.59. The molecule has 1 aliphatic heterocycles. The minimum Gasteiger partial charge on any atom is -0.317 e. The highest BCUT2D eigenvalue weighted by molar-refractivity contribution is 5.86. The van der Waals surface area contributed by atoms with Gasteiger partial charge in [-0.15, -0.1) is 0 Å². The van der Waals surface area contributed by atoms with Gasteiger partial charge in [-0.05, 0) is 31.5 Å². The Balaban J connectivity index is 2.02. The van der Waals surface area contributed by atoms with Gasteiger partial charge in [-0.3, -0.25) is 4.79 Å². The standard InChI is InChI=1S/C14H19NO/c1-14(7-9-15-10-8-14)13(16)11-12-5-3-2-4-6-12/h2-6,15H,7-11H2,1H3. The number of carbonyl (C=O) groups is 1. The Bertz CT molecular complexity index is 352. The Morgan fingerprint density at radius 1 is 1.25 bits per heavy atom. The van der Waals surface area contributed by atoms with Crippen molar-refractivity contribution in [3.05, 3.63) is 35.9 Å². The Kier molecular flexibility index (Phi) is 3.39. The molecule has 0 unspecified atom stereocenters. The molecule has 0 aromatic heterocycles. The van der Waals surface area contributed by atoms with E-state index in [4.69, 9.17) is 0 Å². The lowest BCUT2D eigenvalue weighted by atomic mass is 9.75. The van der Waals surface area contributed by atoms with Crippen molar-refractivity contribution in [1.29, 1.82) is 0 Å². The van der Waals surface area contributed by atoms with Crippen LogP contribution in [0.3, 0.4) is 0 Å². The van der Waals surface area contributed by atoms with Gasteiger partial charge in [0.15, 0.2) is 0 Å². The first-order valence-corrected chi connectivity index (χ1v) is 5.99. The van der Waals surface area contributed by atoms with Crippen molar-refractivity contribution in [3.8, 4) is 0 Å². The Morgan fingerprint density at radius 2 is 1.88 bits per heavy atom. The summed E-state index contributed by atoms with van der Waals surface area (Å²) in [6.45, 7) is 4.05. The average Bonchev–Trinajstić information content (AvgIpc) is 2.31. The van der Waals surface area contributed by atoms with Crippen LogP contribution in [0.1, 0.15) is 25.3 Å². The first-order chi connectivity index (χ1) is 7.71. The summed E-state index contributed by atoms with van der Waals surface area (Å²) in [4.78, 5) is 12.3. The van der Waals surface area contributed by atoms with Crippen molar-refractivity contribution >= 4 is 5.78 Å². The molecule has 0 amide bonds. The quantitative estimate of drug-likeness (QED) is 0.841. The maximum absolute atomic E-state index is 12.3. The van der Waals surface area contributed by atoms with E-state index in [-0.39, 0.29) is 5.41 Å². The number of nitrogens with one attached hydrogen (secondary N) is 1. The van der Waals surface area contributed by atoms with E-state index < -0.39 is 0 Å². The first kappa shape index (κ1) is 11.3. The zero-order valence-corrected chi connectivity index (χ0v) is 9.83. The predicted molar refractivity (Wildman–Crippen MR) is 65.4 cm³/mol. The summed E-state index contributed by atoms with van der Waals surface area (Å²) < 4.78 is 0. The molecule has 2 nitrogen and oxygen atoms in total. The van der Waals surface area contributed by atoms with Gasteiger partial charge in [0.05, 0.1) is 0 Å². The molecule has 1 aromatic carbocycles. The number of piperidine rings is 1. The summed E-state index contributed by atoms with van der Waals surface area (Å²) in [5.74, 6) is 0.389. The van der Waals surface area contributed by atoms with Gasteiger partial charge in [-0.1, -0.05) is 37.3 Å². The van der Waals surface area contributed by atoms with Crippen LogP contribution in [-0.4, -0.2) is 18.9 Å². The molecule has 0 atom stereocenters. The molecular weight excluding hydrogens is 198 g/mol. The molecule has 1 aromatic rings. The zero-order chi connectivity index (χ0) is 11.4. The van der Waals surface area contributed by atoms with Gasteiger partial charge in [0.25, 0.3) is 0 Å². The van der Waals surface area contributed by atoms with E-state index in [1.165, 1.54) is 0 Å². The highest BCUT2D eigenvalue weighted by atomic mass is 16.1. The molecule has 86 valence electrons. The van der Waals surface area contributed by atoms with Crippen molar-refractivity contribution in [3.63, 3.8) is 0 Å². The normalized spacial score (nSPS) is 19.3. The molecule has 0 saturated carbocycles. The number of rotatable bonds is 3. The van der Waals surface area contributed by atoms with Gasteiger partial charge in [-0.2, -0.15) is 0 Å². The lowest BCUT2D eigenvalue weighted by molar-refractivity contribution is -0.128. The van der Waals surface area contributed by atoms with Crippen molar-refractivity contribution in [1.82, 2.24) is 5.32 Å². The molecular formula is C14H19NO. The summed E-state index contributed by atoms with van der Waals surface area (Å²) in [6.07, 6.45) is 2.52. The topological polar surface area (TPSA) is 29.1 Å². The van der Waals surface area contributed by atoms with E-state index in [2.05, 4.69) is 12.2 Å². The van der Waals surface area contributed by atoms with Crippen molar-refractivity contribution < 1.29 is 4.79 Å². The molecule has 1 saturated heterocycles. The van der Waals surface area contributed by atoms with Crippen molar-refractivity contribution in [2.24, 2.45) is 5.41 Å². The van der Waals surface area contributed by atoms with E-state index in [9.17, 15) is 4.79 Å². The molecule has 1 N–H and O–H groups in total. The molecule has 0 radical (unpaired) electrons. The maximum atomic E-state index is 12.3. The van der Waals surface area contributed by atoms with E-state index in [1.807, 2.05) is 30.3 Å². The van der Waals surface area contributed by atoms with Crippen LogP contribution in [0.15, 0.2) is 30.3 Å². The lowest BCUT2D eigenvalue weighted by Crippen LogP contribution is -2.40. The smallest absolute Gasteiger partial charge is 0.143 e. The SMILES string of the molecule is CC1(C(=O)Cc2ccccc2)CCNCC1. The van der Waals surface area contributed by atoms with Crippen LogP contribution in [-0.2, 0) is 11.2 Å². The van der Waals surface area contributed by atoms with Gasteiger partial charge in [0.1, 0.15) is 5.78 Å². The minimum atomic E-state index is -0.110. The summed E-state index contributed by atoms with van der Waals surface area (Å²) in [5.41, 5.74) is 1.02. The molecule has 16 heavy (non-hydrogen) atoms. The number of hydrogen-bond acceptors (Lipinski definition) is 2. The van der Waals surface area contributed by atoms with Crippen molar-refractivity contribution in [2.75, 3.05) is 13.1 Å².